The molecule has 2 atom stereocenters. The number of allylic oxidation sites excluding steroid dienone is 1. The van der Waals surface area contributed by atoms with E-state index in [2.05, 4.69) is 19.7 Å². The van der Waals surface area contributed by atoms with E-state index >= 15 is 0 Å². The largest absolute Gasteiger partial charge is 0.481 e. The summed E-state index contributed by atoms with van der Waals surface area (Å²) in [5, 5.41) is 17.7. The predicted octanol–water partition coefficient (Wildman–Crippen LogP) is 1.52. The van der Waals surface area contributed by atoms with Crippen LogP contribution in [0.4, 0.5) is 0 Å². The standard InChI is InChI=1S/C11H13O4/c1-4-7(8(5-2)10(12)13)9(6-3)11(14)15/h4-6,8-9H,1-3H2,(H,12,13)(H,14,15). The van der Waals surface area contributed by atoms with Crippen molar-refractivity contribution in [3.8, 4) is 0 Å². The van der Waals surface area contributed by atoms with Crippen LogP contribution in [0, 0.1) is 17.8 Å². The smallest absolute Gasteiger partial charge is 0.311 e. The maximum absolute atomic E-state index is 10.8. The number of hydrogen-bond donors (Lipinski definition) is 2. The second-order valence-electron chi connectivity index (χ2n) is 2.81. The first kappa shape index (κ1) is 13.2. The molecule has 0 spiro atoms. The van der Waals surface area contributed by atoms with Crippen LogP contribution in [0.5, 0.6) is 0 Å². The van der Waals surface area contributed by atoms with Crippen LogP contribution in [-0.4, -0.2) is 22.2 Å². The third-order valence-corrected chi connectivity index (χ3v) is 1.96. The molecule has 0 saturated heterocycles. The van der Waals surface area contributed by atoms with E-state index in [1.807, 2.05) is 0 Å². The van der Waals surface area contributed by atoms with E-state index in [-0.39, 0.29) is 5.92 Å². The number of carboxylic acid groups (broad SMARTS) is 2. The molecule has 0 aromatic carbocycles. The van der Waals surface area contributed by atoms with E-state index in [1.165, 1.54) is 18.2 Å². The fraction of sp³-hybridized carbons (Fsp3) is 0.182. The van der Waals surface area contributed by atoms with E-state index < -0.39 is 23.8 Å². The average Bonchev–Trinajstić information content (AvgIpc) is 2.16. The molecule has 0 bridgehead atoms. The van der Waals surface area contributed by atoms with Crippen LogP contribution in [0.1, 0.15) is 0 Å². The van der Waals surface area contributed by atoms with Crippen LogP contribution in [0.25, 0.3) is 0 Å². The fourth-order valence-corrected chi connectivity index (χ4v) is 1.21. The van der Waals surface area contributed by atoms with Gasteiger partial charge in [-0.05, 0) is 0 Å². The predicted molar refractivity (Wildman–Crippen MR) is 56.1 cm³/mol. The van der Waals surface area contributed by atoms with E-state index in [9.17, 15) is 9.59 Å². The summed E-state index contributed by atoms with van der Waals surface area (Å²) in [7, 11) is 0. The van der Waals surface area contributed by atoms with Gasteiger partial charge in [-0.1, -0.05) is 18.2 Å². The van der Waals surface area contributed by atoms with E-state index in [0.29, 0.717) is 0 Å². The molecule has 0 amide bonds. The Hall–Kier alpha value is -1.84. The molecule has 0 rings (SSSR count). The monoisotopic (exact) mass is 209 g/mol. The molecule has 4 nitrogen and oxygen atoms in total. The van der Waals surface area contributed by atoms with Gasteiger partial charge in [0.1, 0.15) is 0 Å². The second kappa shape index (κ2) is 5.80. The third-order valence-electron chi connectivity index (χ3n) is 1.96. The molecular weight excluding hydrogens is 196 g/mol. The Bertz CT molecular complexity index is 267. The van der Waals surface area contributed by atoms with Crippen LogP contribution < -0.4 is 0 Å². The molecule has 81 valence electrons. The molecule has 2 unspecified atom stereocenters. The summed E-state index contributed by atoms with van der Waals surface area (Å²) in [4.78, 5) is 21.6. The zero-order valence-electron chi connectivity index (χ0n) is 8.22. The van der Waals surface area contributed by atoms with E-state index in [1.54, 1.807) is 0 Å². The lowest BCUT2D eigenvalue weighted by Gasteiger charge is -2.21. The van der Waals surface area contributed by atoms with Gasteiger partial charge in [0.15, 0.2) is 0 Å². The first-order valence-corrected chi connectivity index (χ1v) is 4.19. The van der Waals surface area contributed by atoms with Crippen LogP contribution in [0.3, 0.4) is 0 Å². The summed E-state index contributed by atoms with van der Waals surface area (Å²) in [5.41, 5.74) is 0. The average molecular weight is 209 g/mol. The normalized spacial score (nSPS) is 13.9. The van der Waals surface area contributed by atoms with Gasteiger partial charge in [-0.25, -0.2) is 0 Å². The Morgan fingerprint density at radius 1 is 0.933 bits per heavy atom. The summed E-state index contributed by atoms with van der Waals surface area (Å²) < 4.78 is 0. The van der Waals surface area contributed by atoms with Gasteiger partial charge in [-0.2, -0.15) is 0 Å². The Morgan fingerprint density at radius 3 is 1.40 bits per heavy atom. The van der Waals surface area contributed by atoms with Crippen molar-refractivity contribution >= 4 is 11.9 Å². The number of carbonyl (C=O) groups is 2. The first-order valence-electron chi connectivity index (χ1n) is 4.19. The van der Waals surface area contributed by atoms with Gasteiger partial charge in [-0.3, -0.25) is 9.59 Å². The van der Waals surface area contributed by atoms with E-state index in [4.69, 9.17) is 10.2 Å². The topological polar surface area (TPSA) is 74.6 Å². The zero-order chi connectivity index (χ0) is 12.0. The molecule has 1 radical (unpaired) electrons. The highest BCUT2D eigenvalue weighted by Gasteiger charge is 2.33. The van der Waals surface area contributed by atoms with Crippen LogP contribution in [0.15, 0.2) is 38.0 Å². The summed E-state index contributed by atoms with van der Waals surface area (Å²) in [6.45, 7) is 10.1. The highest BCUT2D eigenvalue weighted by Crippen LogP contribution is 2.27. The van der Waals surface area contributed by atoms with Crippen molar-refractivity contribution in [2.75, 3.05) is 0 Å². The molecule has 0 fully saturated rings. The molecule has 0 aromatic rings. The highest BCUT2D eigenvalue weighted by atomic mass is 16.4. The molecule has 0 aliphatic heterocycles. The molecule has 0 aliphatic carbocycles. The molecule has 0 aromatic heterocycles. The lowest BCUT2D eigenvalue weighted by molar-refractivity contribution is -0.141. The number of hydrogen-bond acceptors (Lipinski definition) is 2. The van der Waals surface area contributed by atoms with E-state index in [0.717, 1.165) is 0 Å². The van der Waals surface area contributed by atoms with Crippen molar-refractivity contribution in [2.45, 2.75) is 0 Å². The zero-order valence-corrected chi connectivity index (χ0v) is 8.22. The minimum absolute atomic E-state index is 0.153. The molecule has 4 heteroatoms. The van der Waals surface area contributed by atoms with Crippen LogP contribution >= 0.6 is 0 Å². The summed E-state index contributed by atoms with van der Waals surface area (Å²) >= 11 is 0. The molecule has 0 saturated carbocycles. The van der Waals surface area contributed by atoms with Gasteiger partial charge < -0.3 is 10.2 Å². The lowest BCUT2D eigenvalue weighted by Crippen LogP contribution is -2.28. The quantitative estimate of drug-likeness (QED) is 0.623. The van der Waals surface area contributed by atoms with Crippen molar-refractivity contribution < 1.29 is 19.8 Å². The Kier molecular flexibility index (Phi) is 5.09. The van der Waals surface area contributed by atoms with Gasteiger partial charge >= 0.3 is 11.9 Å². The van der Waals surface area contributed by atoms with Gasteiger partial charge in [0, 0.05) is 5.92 Å². The van der Waals surface area contributed by atoms with Crippen molar-refractivity contribution in [1.82, 2.24) is 0 Å². The Labute approximate surface area is 88.2 Å². The van der Waals surface area contributed by atoms with Gasteiger partial charge in [-0.15, -0.1) is 19.7 Å². The maximum Gasteiger partial charge on any atom is 0.311 e. The molecule has 2 N–H and O–H groups in total. The number of aliphatic carboxylic acids is 2. The SMILES string of the molecule is C=C[C](C(C=C)C(=O)O)C(C=C)C(=O)O. The van der Waals surface area contributed by atoms with Gasteiger partial charge in [0.2, 0.25) is 0 Å². The summed E-state index contributed by atoms with van der Waals surface area (Å²) in [5.74, 6) is -4.27. The molecular formula is C11H13O4. The Morgan fingerprint density at radius 2 is 1.27 bits per heavy atom. The minimum atomic E-state index is -1.16. The second-order valence-corrected chi connectivity index (χ2v) is 2.81. The highest BCUT2D eigenvalue weighted by molar-refractivity contribution is 5.82. The maximum atomic E-state index is 10.8. The minimum Gasteiger partial charge on any atom is -0.481 e. The van der Waals surface area contributed by atoms with Crippen molar-refractivity contribution in [3.05, 3.63) is 43.9 Å². The summed E-state index contributed by atoms with van der Waals surface area (Å²) in [6, 6.07) is 0. The molecule has 0 aliphatic rings. The first-order chi connectivity index (χ1) is 6.99. The van der Waals surface area contributed by atoms with Crippen molar-refractivity contribution in [3.63, 3.8) is 0 Å². The fourth-order valence-electron chi connectivity index (χ4n) is 1.21. The third kappa shape index (κ3) is 3.09. The van der Waals surface area contributed by atoms with Crippen molar-refractivity contribution in [2.24, 2.45) is 11.8 Å². The lowest BCUT2D eigenvalue weighted by atomic mass is 9.81. The van der Waals surface area contributed by atoms with Gasteiger partial charge in [0.05, 0.1) is 11.8 Å². The van der Waals surface area contributed by atoms with Crippen molar-refractivity contribution in [1.29, 1.82) is 0 Å². The van der Waals surface area contributed by atoms with Gasteiger partial charge in [0.25, 0.3) is 0 Å². The summed E-state index contributed by atoms with van der Waals surface area (Å²) in [6.07, 6.45) is 3.55. The van der Waals surface area contributed by atoms with Crippen LogP contribution in [-0.2, 0) is 9.59 Å². The van der Waals surface area contributed by atoms with Crippen LogP contribution in [0.2, 0.25) is 0 Å². The molecule has 15 heavy (non-hydrogen) atoms. The number of rotatable bonds is 7. The number of carboxylic acids is 2. The Balaban J connectivity index is 5.09. The molecule has 0 heterocycles.